The average molecular weight is 333 g/mol. The number of nitrogens with zero attached hydrogens (tertiary/aromatic N) is 1. The van der Waals surface area contributed by atoms with Gasteiger partial charge in [0.1, 0.15) is 9.38 Å². The Bertz CT molecular complexity index is 536. The lowest BCUT2D eigenvalue weighted by molar-refractivity contribution is 0.166. The molecule has 1 aliphatic carbocycles. The molecule has 0 spiro atoms. The first kappa shape index (κ1) is 15.5. The van der Waals surface area contributed by atoms with Crippen molar-refractivity contribution in [3.63, 3.8) is 0 Å². The molecule has 20 heavy (non-hydrogen) atoms. The molecule has 1 aromatic carbocycles. The fourth-order valence-corrected chi connectivity index (χ4v) is 3.37. The van der Waals surface area contributed by atoms with Crippen LogP contribution in [0, 0.1) is 5.41 Å². The fourth-order valence-electron chi connectivity index (χ4n) is 1.74. The summed E-state index contributed by atoms with van der Waals surface area (Å²) in [5, 5.41) is 7.04. The minimum absolute atomic E-state index is 0.456. The van der Waals surface area contributed by atoms with E-state index in [9.17, 15) is 4.79 Å². The van der Waals surface area contributed by atoms with Gasteiger partial charge in [-0.2, -0.15) is 0 Å². The third-order valence-electron chi connectivity index (χ3n) is 3.15. The van der Waals surface area contributed by atoms with Gasteiger partial charge in [-0.15, -0.1) is 35.0 Å². The summed E-state index contributed by atoms with van der Waals surface area (Å²) in [5.41, 5.74) is 0.183. The Hall–Kier alpha value is -0.910. The first-order chi connectivity index (χ1) is 9.39. The number of carbonyl (C=O) groups excluding carboxylic acids is 1. The molecule has 1 atom stereocenters. The molecule has 1 N–H and O–H groups in total. The molecule has 0 saturated heterocycles. The van der Waals surface area contributed by atoms with E-state index in [0.717, 1.165) is 0 Å². The first-order valence-corrected chi connectivity index (χ1v) is 7.90. The minimum Gasteiger partial charge on any atom is -0.297 e. The van der Waals surface area contributed by atoms with Crippen molar-refractivity contribution < 1.29 is 9.63 Å². The second kappa shape index (κ2) is 5.84. The number of thioether (sulfide) groups is 1. The maximum absolute atomic E-state index is 11.6. The number of nitrogens with one attached hydrogen (secondary N) is 1. The van der Waals surface area contributed by atoms with Crippen molar-refractivity contribution in [2.45, 2.75) is 17.7 Å². The van der Waals surface area contributed by atoms with Crippen LogP contribution in [0.1, 0.15) is 13.3 Å². The molecular weight excluding hydrogens is 319 g/mol. The Balaban J connectivity index is 1.96. The van der Waals surface area contributed by atoms with Crippen molar-refractivity contribution in [3.8, 4) is 0 Å². The number of benzene rings is 1. The van der Waals surface area contributed by atoms with Gasteiger partial charge in [-0.3, -0.25) is 10.2 Å². The van der Waals surface area contributed by atoms with Crippen LogP contribution < -0.4 is 5.32 Å². The van der Waals surface area contributed by atoms with Crippen molar-refractivity contribution in [1.29, 1.82) is 0 Å². The molecule has 1 aromatic rings. The smallest absolute Gasteiger partial charge is 0.297 e. The van der Waals surface area contributed by atoms with Gasteiger partial charge in [0.25, 0.3) is 0 Å². The zero-order chi connectivity index (χ0) is 14.8. The zero-order valence-corrected chi connectivity index (χ0v) is 13.4. The predicted octanol–water partition coefficient (Wildman–Crippen LogP) is 4.50. The molecule has 0 heterocycles. The first-order valence-electron chi connectivity index (χ1n) is 5.92. The van der Waals surface area contributed by atoms with E-state index in [1.165, 1.54) is 11.8 Å². The highest BCUT2D eigenvalue weighted by molar-refractivity contribution is 8.13. The maximum Gasteiger partial charge on any atom is 0.437 e. The van der Waals surface area contributed by atoms with E-state index in [0.29, 0.717) is 17.2 Å². The summed E-state index contributed by atoms with van der Waals surface area (Å²) >= 11 is 13.5. The summed E-state index contributed by atoms with van der Waals surface area (Å²) in [7, 11) is 0. The molecule has 4 nitrogen and oxygen atoms in total. The van der Waals surface area contributed by atoms with Crippen molar-refractivity contribution in [2.75, 3.05) is 11.6 Å². The number of oxime groups is 1. The van der Waals surface area contributed by atoms with Crippen molar-refractivity contribution in [3.05, 3.63) is 30.3 Å². The van der Waals surface area contributed by atoms with Crippen LogP contribution in [0.4, 0.5) is 10.5 Å². The van der Waals surface area contributed by atoms with Gasteiger partial charge in [0, 0.05) is 5.69 Å². The molecule has 2 rings (SSSR count). The number of rotatable bonds is 3. The highest BCUT2D eigenvalue weighted by Gasteiger charge is 2.66. The Kier molecular flexibility index (Phi) is 4.52. The van der Waals surface area contributed by atoms with E-state index in [1.54, 1.807) is 12.1 Å². The lowest BCUT2D eigenvalue weighted by Gasteiger charge is -2.12. The van der Waals surface area contributed by atoms with Gasteiger partial charge in [0.05, 0.1) is 5.41 Å². The molecule has 108 valence electrons. The van der Waals surface area contributed by atoms with Crippen LogP contribution in [0.2, 0.25) is 0 Å². The highest BCUT2D eigenvalue weighted by atomic mass is 35.5. The third-order valence-corrected chi connectivity index (χ3v) is 5.17. The van der Waals surface area contributed by atoms with Gasteiger partial charge in [-0.25, -0.2) is 4.79 Å². The van der Waals surface area contributed by atoms with Crippen molar-refractivity contribution >= 4 is 51.8 Å². The Labute approximate surface area is 131 Å². The van der Waals surface area contributed by atoms with Crippen molar-refractivity contribution in [1.82, 2.24) is 0 Å². The monoisotopic (exact) mass is 332 g/mol. The molecule has 1 amide bonds. The Morgan fingerprint density at radius 1 is 1.40 bits per heavy atom. The number of hydrogen-bond donors (Lipinski definition) is 1. The van der Waals surface area contributed by atoms with Crippen LogP contribution in [0.5, 0.6) is 0 Å². The number of halogens is 2. The zero-order valence-electron chi connectivity index (χ0n) is 11.0. The summed E-state index contributed by atoms with van der Waals surface area (Å²) in [4.78, 5) is 16.5. The summed E-state index contributed by atoms with van der Waals surface area (Å²) in [6, 6.07) is 8.99. The van der Waals surface area contributed by atoms with E-state index in [4.69, 9.17) is 28.0 Å². The van der Waals surface area contributed by atoms with Crippen LogP contribution >= 0.6 is 35.0 Å². The van der Waals surface area contributed by atoms with E-state index in [1.807, 2.05) is 31.4 Å². The molecule has 1 aliphatic rings. The molecule has 1 saturated carbocycles. The lowest BCUT2D eigenvalue weighted by atomic mass is 10.2. The highest BCUT2D eigenvalue weighted by Crippen LogP contribution is 2.65. The maximum atomic E-state index is 11.6. The van der Waals surface area contributed by atoms with Gasteiger partial charge in [0.2, 0.25) is 0 Å². The number of hydrogen-bond acceptors (Lipinski definition) is 4. The molecule has 0 aliphatic heterocycles. The summed E-state index contributed by atoms with van der Waals surface area (Å²) in [6.07, 6.45) is 1.78. The third kappa shape index (κ3) is 3.22. The van der Waals surface area contributed by atoms with Crippen LogP contribution in [0.3, 0.4) is 0 Å². The number of anilines is 1. The van der Waals surface area contributed by atoms with Gasteiger partial charge in [-0.1, -0.05) is 30.3 Å². The minimum atomic E-state index is -0.839. The summed E-state index contributed by atoms with van der Waals surface area (Å²) in [5.74, 6) is 0. The van der Waals surface area contributed by atoms with E-state index in [2.05, 4.69) is 10.5 Å². The Morgan fingerprint density at radius 2 is 2.00 bits per heavy atom. The molecule has 1 fully saturated rings. The summed E-state index contributed by atoms with van der Waals surface area (Å²) in [6.45, 7) is 1.89. The second-order valence-corrected chi connectivity index (χ2v) is 6.96. The number of carbonyl (C=O) groups is 1. The fraction of sp³-hybridized carbons (Fsp3) is 0.385. The lowest BCUT2D eigenvalue weighted by Crippen LogP contribution is -2.18. The molecular formula is C13H14Cl2N2O2S. The number of amides is 1. The normalized spacial score (nSPS) is 24.1. The topological polar surface area (TPSA) is 50.7 Å². The largest absolute Gasteiger partial charge is 0.437 e. The molecule has 1 unspecified atom stereocenters. The van der Waals surface area contributed by atoms with Crippen LogP contribution in [0.15, 0.2) is 35.5 Å². The SMILES string of the molecule is CS/C(=N\OC(=O)Nc1ccccc1)C1(C)CC1(Cl)Cl. The molecule has 7 heteroatoms. The van der Waals surface area contributed by atoms with Gasteiger partial charge < -0.3 is 0 Å². The van der Waals surface area contributed by atoms with E-state index < -0.39 is 15.8 Å². The van der Waals surface area contributed by atoms with Crippen LogP contribution in [-0.4, -0.2) is 21.7 Å². The Morgan fingerprint density at radius 3 is 2.50 bits per heavy atom. The van der Waals surface area contributed by atoms with Gasteiger partial charge in [0.15, 0.2) is 0 Å². The standard InChI is InChI=1S/C13H14Cl2N2O2S/c1-12(8-13(12,14)15)10(20-2)17-19-11(18)16-9-6-4-3-5-7-9/h3-7H,8H2,1-2H3,(H,16,18)/b17-10-. The summed E-state index contributed by atoms with van der Waals surface area (Å²) < 4.78 is -0.839. The number of alkyl halides is 2. The number of para-hydroxylation sites is 1. The molecule has 0 radical (unpaired) electrons. The molecule has 0 bridgehead atoms. The van der Waals surface area contributed by atoms with E-state index >= 15 is 0 Å². The van der Waals surface area contributed by atoms with Crippen molar-refractivity contribution in [2.24, 2.45) is 10.6 Å². The predicted molar refractivity (Wildman–Crippen MR) is 84.7 cm³/mol. The van der Waals surface area contributed by atoms with Crippen LogP contribution in [-0.2, 0) is 4.84 Å². The van der Waals surface area contributed by atoms with Gasteiger partial charge in [-0.05, 0) is 24.8 Å². The molecule has 0 aromatic heterocycles. The van der Waals surface area contributed by atoms with Gasteiger partial charge >= 0.3 is 6.09 Å². The van der Waals surface area contributed by atoms with E-state index in [-0.39, 0.29) is 0 Å². The van der Waals surface area contributed by atoms with Crippen LogP contribution in [0.25, 0.3) is 0 Å². The second-order valence-electron chi connectivity index (χ2n) is 4.68. The average Bonchev–Trinajstić information content (AvgIpc) is 2.91. The quantitative estimate of drug-likeness (QED) is 0.291.